The van der Waals surface area contributed by atoms with Gasteiger partial charge in [0.25, 0.3) is 5.91 Å². The van der Waals surface area contributed by atoms with E-state index in [0.717, 1.165) is 11.4 Å². The third-order valence-electron chi connectivity index (χ3n) is 3.21. The predicted molar refractivity (Wildman–Crippen MR) is 77.1 cm³/mol. The maximum absolute atomic E-state index is 12.6. The molecule has 0 bridgehead atoms. The van der Waals surface area contributed by atoms with E-state index in [1.54, 1.807) is 4.68 Å². The topological polar surface area (TPSA) is 64.7 Å². The number of aryl methyl sites for hydroxylation is 2. The van der Waals surface area contributed by atoms with Crippen LogP contribution in [-0.4, -0.2) is 32.0 Å². The number of amides is 1. The average Bonchev–Trinajstić information content (AvgIpc) is 3.05. The van der Waals surface area contributed by atoms with Crippen molar-refractivity contribution in [1.29, 1.82) is 0 Å². The fourth-order valence-corrected chi connectivity index (χ4v) is 2.20. The Morgan fingerprint density at radius 3 is 2.77 bits per heavy atom. The number of nitrogens with zero attached hydrogens (tertiary/aromatic N) is 4. The van der Waals surface area contributed by atoms with Gasteiger partial charge < -0.3 is 5.32 Å². The molecule has 1 N–H and O–H groups in total. The predicted octanol–water partition coefficient (Wildman–Crippen LogP) is 2.57. The first-order valence-corrected chi connectivity index (χ1v) is 7.09. The highest BCUT2D eigenvalue weighted by molar-refractivity contribution is 6.31. The number of aromatic nitrogens is 4. The molecule has 120 valence electrons. The van der Waals surface area contributed by atoms with Crippen LogP contribution in [0.4, 0.5) is 8.78 Å². The van der Waals surface area contributed by atoms with Gasteiger partial charge in [0.05, 0.1) is 16.4 Å². The molecule has 0 aliphatic heterocycles. The van der Waals surface area contributed by atoms with Crippen molar-refractivity contribution in [3.05, 3.63) is 34.4 Å². The first-order chi connectivity index (χ1) is 10.4. The van der Waals surface area contributed by atoms with Gasteiger partial charge in [-0.25, -0.2) is 0 Å². The summed E-state index contributed by atoms with van der Waals surface area (Å²) in [5.41, 5.74) is 1.45. The lowest BCUT2D eigenvalue weighted by molar-refractivity contribution is 0.0509. The first kappa shape index (κ1) is 16.4. The number of nitrogens with one attached hydrogen (secondary N) is 1. The van der Waals surface area contributed by atoms with Crippen LogP contribution in [0.1, 0.15) is 34.8 Å². The Kier molecular flexibility index (Phi) is 5.12. The highest BCUT2D eigenvalue weighted by atomic mass is 35.5. The zero-order valence-electron chi connectivity index (χ0n) is 12.2. The van der Waals surface area contributed by atoms with Crippen LogP contribution in [0.2, 0.25) is 5.02 Å². The van der Waals surface area contributed by atoms with Gasteiger partial charge in [0.2, 0.25) is 0 Å². The van der Waals surface area contributed by atoms with Crippen LogP contribution < -0.4 is 5.32 Å². The van der Waals surface area contributed by atoms with Gasteiger partial charge in [-0.3, -0.25) is 9.48 Å². The van der Waals surface area contributed by atoms with E-state index in [-0.39, 0.29) is 5.69 Å². The van der Waals surface area contributed by atoms with Gasteiger partial charge in [0.1, 0.15) is 5.69 Å². The standard InChI is InChI=1S/C13H16ClF2N5O/c1-8-11(14)9(2)20(19-8)7-3-5-17-12(22)10-4-6-18-21(10)13(15)16/h4,6,13H,3,5,7H2,1-2H3,(H,17,22). The van der Waals surface area contributed by atoms with E-state index in [9.17, 15) is 13.6 Å². The summed E-state index contributed by atoms with van der Waals surface area (Å²) in [6.07, 6.45) is 1.77. The maximum Gasteiger partial charge on any atom is 0.333 e. The Morgan fingerprint density at radius 1 is 1.45 bits per heavy atom. The van der Waals surface area contributed by atoms with Crippen molar-refractivity contribution in [2.75, 3.05) is 6.54 Å². The molecule has 22 heavy (non-hydrogen) atoms. The summed E-state index contributed by atoms with van der Waals surface area (Å²) in [6.45, 7) is 1.76. The SMILES string of the molecule is Cc1nn(CCCNC(=O)c2ccnn2C(F)F)c(C)c1Cl. The summed E-state index contributed by atoms with van der Waals surface area (Å²) in [6, 6.07) is 1.25. The fourth-order valence-electron chi connectivity index (χ4n) is 2.06. The van der Waals surface area contributed by atoms with Crippen molar-refractivity contribution >= 4 is 17.5 Å². The Hall–Kier alpha value is -1.96. The number of rotatable bonds is 6. The highest BCUT2D eigenvalue weighted by Gasteiger charge is 2.17. The Balaban J connectivity index is 1.85. The maximum atomic E-state index is 12.6. The first-order valence-electron chi connectivity index (χ1n) is 6.71. The number of hydrogen-bond acceptors (Lipinski definition) is 3. The second-order valence-corrected chi connectivity index (χ2v) is 5.13. The monoisotopic (exact) mass is 331 g/mol. The molecule has 2 rings (SSSR count). The van der Waals surface area contributed by atoms with Gasteiger partial charge in [-0.15, -0.1) is 0 Å². The fraction of sp³-hybridized carbons (Fsp3) is 0.462. The van der Waals surface area contributed by atoms with E-state index < -0.39 is 12.5 Å². The Labute approximate surface area is 131 Å². The van der Waals surface area contributed by atoms with E-state index in [0.29, 0.717) is 29.2 Å². The van der Waals surface area contributed by atoms with Crippen molar-refractivity contribution in [3.63, 3.8) is 0 Å². The zero-order chi connectivity index (χ0) is 16.3. The van der Waals surface area contributed by atoms with E-state index in [4.69, 9.17) is 11.6 Å². The van der Waals surface area contributed by atoms with Crippen LogP contribution in [0.5, 0.6) is 0 Å². The molecule has 0 spiro atoms. The van der Waals surface area contributed by atoms with Crippen molar-refractivity contribution < 1.29 is 13.6 Å². The molecular weight excluding hydrogens is 316 g/mol. The minimum Gasteiger partial charge on any atom is -0.351 e. The van der Waals surface area contributed by atoms with Crippen LogP contribution in [-0.2, 0) is 6.54 Å². The van der Waals surface area contributed by atoms with Crippen LogP contribution in [0, 0.1) is 13.8 Å². The van der Waals surface area contributed by atoms with Gasteiger partial charge in [-0.1, -0.05) is 11.6 Å². The van der Waals surface area contributed by atoms with Crippen LogP contribution >= 0.6 is 11.6 Å². The molecule has 0 fully saturated rings. The Bertz CT molecular complexity index is 667. The number of carbonyl (C=O) groups is 1. The van der Waals surface area contributed by atoms with Crippen LogP contribution in [0.3, 0.4) is 0 Å². The average molecular weight is 332 g/mol. The Morgan fingerprint density at radius 2 is 2.18 bits per heavy atom. The van der Waals surface area contributed by atoms with E-state index in [1.807, 2.05) is 13.8 Å². The molecule has 0 aromatic carbocycles. The normalized spacial score (nSPS) is 11.2. The smallest absolute Gasteiger partial charge is 0.333 e. The summed E-state index contributed by atoms with van der Waals surface area (Å²) in [7, 11) is 0. The number of alkyl halides is 2. The summed E-state index contributed by atoms with van der Waals surface area (Å²) >= 11 is 6.04. The van der Waals surface area contributed by atoms with Crippen molar-refractivity contribution in [2.24, 2.45) is 0 Å². The molecule has 2 aromatic rings. The molecule has 0 saturated heterocycles. The lowest BCUT2D eigenvalue weighted by Crippen LogP contribution is -2.28. The quantitative estimate of drug-likeness (QED) is 0.827. The number of carbonyl (C=O) groups excluding carboxylic acids is 1. The molecule has 0 aliphatic carbocycles. The molecule has 1 amide bonds. The van der Waals surface area contributed by atoms with Gasteiger partial charge in [-0.05, 0) is 26.3 Å². The van der Waals surface area contributed by atoms with Gasteiger partial charge in [0.15, 0.2) is 0 Å². The summed E-state index contributed by atoms with van der Waals surface area (Å²) in [5, 5.41) is 10.9. The van der Waals surface area contributed by atoms with Gasteiger partial charge in [0, 0.05) is 19.3 Å². The second-order valence-electron chi connectivity index (χ2n) is 4.76. The summed E-state index contributed by atoms with van der Waals surface area (Å²) < 4.78 is 27.4. The molecular formula is C13H16ClF2N5O. The van der Waals surface area contributed by atoms with E-state index in [2.05, 4.69) is 15.5 Å². The molecule has 2 aromatic heterocycles. The lowest BCUT2D eigenvalue weighted by Gasteiger charge is -2.08. The van der Waals surface area contributed by atoms with E-state index in [1.165, 1.54) is 12.3 Å². The molecule has 2 heterocycles. The second kappa shape index (κ2) is 6.87. The van der Waals surface area contributed by atoms with Gasteiger partial charge in [-0.2, -0.15) is 23.7 Å². The lowest BCUT2D eigenvalue weighted by atomic mass is 10.3. The van der Waals surface area contributed by atoms with Crippen molar-refractivity contribution in [1.82, 2.24) is 24.9 Å². The summed E-state index contributed by atoms with van der Waals surface area (Å²) in [4.78, 5) is 11.8. The van der Waals surface area contributed by atoms with Crippen LogP contribution in [0.25, 0.3) is 0 Å². The number of halogens is 3. The van der Waals surface area contributed by atoms with Crippen LogP contribution in [0.15, 0.2) is 12.3 Å². The number of hydrogen-bond donors (Lipinski definition) is 1. The minimum absolute atomic E-state index is 0.163. The molecule has 0 atom stereocenters. The minimum atomic E-state index is -2.84. The molecule has 9 heteroatoms. The van der Waals surface area contributed by atoms with Gasteiger partial charge >= 0.3 is 6.55 Å². The third kappa shape index (κ3) is 3.44. The molecule has 0 unspecified atom stereocenters. The highest BCUT2D eigenvalue weighted by Crippen LogP contribution is 2.18. The van der Waals surface area contributed by atoms with Crippen molar-refractivity contribution in [2.45, 2.75) is 33.4 Å². The summed E-state index contributed by atoms with van der Waals surface area (Å²) in [5.74, 6) is -0.579. The van der Waals surface area contributed by atoms with Crippen molar-refractivity contribution in [3.8, 4) is 0 Å². The largest absolute Gasteiger partial charge is 0.351 e. The third-order valence-corrected chi connectivity index (χ3v) is 3.76. The molecule has 0 saturated carbocycles. The van der Waals surface area contributed by atoms with E-state index >= 15 is 0 Å². The zero-order valence-corrected chi connectivity index (χ0v) is 12.9. The molecule has 0 radical (unpaired) electrons. The molecule has 6 nitrogen and oxygen atoms in total. The molecule has 0 aliphatic rings.